The fourth-order valence-electron chi connectivity index (χ4n) is 4.30. The van der Waals surface area contributed by atoms with Gasteiger partial charge in [-0.05, 0) is 67.1 Å². The molecule has 0 saturated carbocycles. The molecule has 1 aliphatic heterocycles. The number of nitrogens with one attached hydrogen (secondary N) is 1. The highest BCUT2D eigenvalue weighted by atomic mass is 35.5. The average molecular weight is 529 g/mol. The van der Waals surface area contributed by atoms with Gasteiger partial charge in [-0.15, -0.1) is 0 Å². The Labute approximate surface area is 212 Å². The molecule has 4 aromatic rings. The van der Waals surface area contributed by atoms with Crippen molar-refractivity contribution in [3.8, 4) is 16.9 Å². The zero-order chi connectivity index (χ0) is 25.6. The first-order valence-electron chi connectivity index (χ1n) is 11.0. The number of aromatic nitrogens is 2. The van der Waals surface area contributed by atoms with Gasteiger partial charge in [-0.2, -0.15) is 15.7 Å². The standard InChI is InChI=1S/C25H22ClFN4O4S/c26-21-8-2-14(24(28)32)11-20(21)23-19-7-1-15(25(33)29-17-9-10-36(34,35)13-17)12-22(19)31(30-23)18-5-3-16(27)4-6-18/h1-8,11-12,17,34-35H,9-10,13H2,(H2,28,32)(H,29,33). The summed E-state index contributed by atoms with van der Waals surface area (Å²) in [5.74, 6) is -0.982. The first-order valence-corrected chi connectivity index (χ1v) is 13.3. The molecule has 0 spiro atoms. The predicted octanol–water partition coefficient (Wildman–Crippen LogP) is 4.84. The lowest BCUT2D eigenvalue weighted by molar-refractivity contribution is 0.0940. The molecule has 1 fully saturated rings. The zero-order valence-corrected chi connectivity index (χ0v) is 20.4. The molecular weight excluding hydrogens is 507 g/mol. The summed E-state index contributed by atoms with van der Waals surface area (Å²) in [5.41, 5.74) is 8.11. The number of halogens is 2. The van der Waals surface area contributed by atoms with E-state index >= 15 is 0 Å². The number of carbonyl (C=O) groups excluding carboxylic acids is 2. The van der Waals surface area contributed by atoms with Crippen LogP contribution in [0.3, 0.4) is 0 Å². The van der Waals surface area contributed by atoms with Gasteiger partial charge in [0.2, 0.25) is 5.91 Å². The molecule has 11 heteroatoms. The van der Waals surface area contributed by atoms with E-state index in [1.807, 2.05) is 0 Å². The van der Waals surface area contributed by atoms with Gasteiger partial charge in [0.25, 0.3) is 5.91 Å². The quantitative estimate of drug-likeness (QED) is 0.294. The van der Waals surface area contributed by atoms with Gasteiger partial charge in [0.05, 0.1) is 22.0 Å². The van der Waals surface area contributed by atoms with E-state index in [-0.39, 0.29) is 29.0 Å². The maximum Gasteiger partial charge on any atom is 0.251 e. The Balaban J connectivity index is 1.62. The van der Waals surface area contributed by atoms with Crippen LogP contribution in [-0.2, 0) is 0 Å². The van der Waals surface area contributed by atoms with Crippen LogP contribution >= 0.6 is 22.2 Å². The van der Waals surface area contributed by atoms with Crippen LogP contribution in [0.4, 0.5) is 4.39 Å². The van der Waals surface area contributed by atoms with Crippen molar-refractivity contribution in [1.29, 1.82) is 0 Å². The highest BCUT2D eigenvalue weighted by Gasteiger charge is 2.29. The van der Waals surface area contributed by atoms with Crippen molar-refractivity contribution in [2.75, 3.05) is 11.5 Å². The molecule has 8 nitrogen and oxygen atoms in total. The topological polar surface area (TPSA) is 130 Å². The Morgan fingerprint density at radius 3 is 2.47 bits per heavy atom. The molecule has 3 aromatic carbocycles. The van der Waals surface area contributed by atoms with Crippen LogP contribution in [0.15, 0.2) is 60.7 Å². The SMILES string of the molecule is NC(=O)c1ccc(Cl)c(-c2nn(-c3ccc(F)cc3)c3cc(C(=O)NC4CCS(O)(O)C4)ccc23)c1. The molecule has 1 aromatic heterocycles. The molecule has 1 unspecified atom stereocenters. The Morgan fingerprint density at radius 1 is 1.08 bits per heavy atom. The van der Waals surface area contributed by atoms with E-state index < -0.39 is 22.3 Å². The van der Waals surface area contributed by atoms with E-state index in [9.17, 15) is 23.1 Å². The van der Waals surface area contributed by atoms with Crippen LogP contribution in [0.1, 0.15) is 27.1 Å². The third kappa shape index (κ3) is 4.68. The van der Waals surface area contributed by atoms with Crippen molar-refractivity contribution in [2.24, 2.45) is 5.73 Å². The van der Waals surface area contributed by atoms with Crippen molar-refractivity contribution in [3.63, 3.8) is 0 Å². The number of rotatable bonds is 5. The summed E-state index contributed by atoms with van der Waals surface area (Å²) < 4.78 is 34.9. The Morgan fingerprint density at radius 2 is 1.81 bits per heavy atom. The number of benzene rings is 3. The number of carbonyl (C=O) groups is 2. The molecule has 5 rings (SSSR count). The normalized spacial score (nSPS) is 17.7. The van der Waals surface area contributed by atoms with Gasteiger partial charge in [0, 0.05) is 33.9 Å². The zero-order valence-electron chi connectivity index (χ0n) is 18.8. The molecule has 0 aliphatic carbocycles. The molecule has 186 valence electrons. The molecule has 5 N–H and O–H groups in total. The van der Waals surface area contributed by atoms with Gasteiger partial charge in [-0.25, -0.2) is 9.07 Å². The van der Waals surface area contributed by atoms with Gasteiger partial charge in [-0.1, -0.05) is 11.6 Å². The number of nitrogens with two attached hydrogens (primary N) is 1. The smallest absolute Gasteiger partial charge is 0.251 e. The number of hydrogen-bond acceptors (Lipinski definition) is 5. The fraction of sp³-hybridized carbons (Fsp3) is 0.160. The van der Waals surface area contributed by atoms with Gasteiger partial charge in [0.15, 0.2) is 0 Å². The van der Waals surface area contributed by atoms with Crippen molar-refractivity contribution in [3.05, 3.63) is 82.6 Å². The summed E-state index contributed by atoms with van der Waals surface area (Å²) in [6.45, 7) is 0. The summed E-state index contributed by atoms with van der Waals surface area (Å²) >= 11 is 6.46. The molecule has 1 atom stereocenters. The largest absolute Gasteiger partial charge is 0.366 e. The lowest BCUT2D eigenvalue weighted by Crippen LogP contribution is -2.35. The van der Waals surface area contributed by atoms with E-state index in [2.05, 4.69) is 5.32 Å². The van der Waals surface area contributed by atoms with Crippen LogP contribution in [-0.4, -0.2) is 48.2 Å². The van der Waals surface area contributed by atoms with Gasteiger partial charge in [0.1, 0.15) is 11.5 Å². The summed E-state index contributed by atoms with van der Waals surface area (Å²) in [4.78, 5) is 24.7. The summed E-state index contributed by atoms with van der Waals surface area (Å²) in [7, 11) is -2.65. The lowest BCUT2D eigenvalue weighted by atomic mass is 10.0. The fourth-order valence-corrected chi connectivity index (χ4v) is 6.23. The third-order valence-electron chi connectivity index (χ3n) is 6.12. The first-order chi connectivity index (χ1) is 17.1. The molecule has 0 radical (unpaired) electrons. The number of fused-ring (bicyclic) bond motifs is 1. The Bertz CT molecular complexity index is 1510. The van der Waals surface area contributed by atoms with E-state index in [1.54, 1.807) is 47.1 Å². The minimum Gasteiger partial charge on any atom is -0.366 e. The Hall–Kier alpha value is -3.44. The van der Waals surface area contributed by atoms with E-state index in [4.69, 9.17) is 22.4 Å². The van der Waals surface area contributed by atoms with Gasteiger partial charge in [-0.3, -0.25) is 18.7 Å². The second-order valence-corrected chi connectivity index (χ2v) is 11.4. The monoisotopic (exact) mass is 528 g/mol. The van der Waals surface area contributed by atoms with Crippen LogP contribution < -0.4 is 11.1 Å². The number of primary amides is 1. The molecule has 36 heavy (non-hydrogen) atoms. The number of amides is 2. The minimum atomic E-state index is -2.65. The second kappa shape index (κ2) is 9.21. The molecule has 1 aliphatic rings. The summed E-state index contributed by atoms with van der Waals surface area (Å²) in [6, 6.07) is 15.1. The van der Waals surface area contributed by atoms with Crippen LogP contribution in [0.25, 0.3) is 27.8 Å². The predicted molar refractivity (Wildman–Crippen MR) is 138 cm³/mol. The van der Waals surface area contributed by atoms with E-state index in [1.165, 1.54) is 18.2 Å². The second-order valence-electron chi connectivity index (χ2n) is 8.66. The minimum absolute atomic E-state index is 0.132. The van der Waals surface area contributed by atoms with E-state index in [0.717, 1.165) is 0 Å². The number of hydrogen-bond donors (Lipinski definition) is 4. The lowest BCUT2D eigenvalue weighted by Gasteiger charge is -2.26. The molecule has 1 saturated heterocycles. The molecule has 2 heterocycles. The van der Waals surface area contributed by atoms with Crippen LogP contribution in [0, 0.1) is 5.82 Å². The third-order valence-corrected chi connectivity index (χ3v) is 8.27. The van der Waals surface area contributed by atoms with Crippen molar-refractivity contribution in [2.45, 2.75) is 12.5 Å². The van der Waals surface area contributed by atoms with Crippen molar-refractivity contribution < 1.29 is 23.1 Å². The highest BCUT2D eigenvalue weighted by Crippen LogP contribution is 2.45. The van der Waals surface area contributed by atoms with Gasteiger partial charge >= 0.3 is 0 Å². The van der Waals surface area contributed by atoms with Crippen LogP contribution in [0.2, 0.25) is 5.02 Å². The van der Waals surface area contributed by atoms with Crippen molar-refractivity contribution in [1.82, 2.24) is 15.1 Å². The number of nitrogens with zero attached hydrogens (tertiary/aromatic N) is 2. The van der Waals surface area contributed by atoms with Gasteiger partial charge < -0.3 is 11.1 Å². The molecule has 0 bridgehead atoms. The maximum atomic E-state index is 13.6. The summed E-state index contributed by atoms with van der Waals surface area (Å²) in [6.07, 6.45) is 0.489. The van der Waals surface area contributed by atoms with Crippen molar-refractivity contribution >= 4 is 44.9 Å². The average Bonchev–Trinajstić information content (AvgIpc) is 3.38. The summed E-state index contributed by atoms with van der Waals surface area (Å²) in [5, 5.41) is 8.57. The Kier molecular flexibility index (Phi) is 6.21. The van der Waals surface area contributed by atoms with Crippen LogP contribution in [0.5, 0.6) is 0 Å². The first kappa shape index (κ1) is 24.3. The van der Waals surface area contributed by atoms with E-state index in [0.29, 0.717) is 44.9 Å². The maximum absolute atomic E-state index is 13.6. The molecular formula is C25H22ClFN4O4S. The molecule has 2 amide bonds. The highest BCUT2D eigenvalue weighted by molar-refractivity contribution is 8.24.